The molecule has 1 aliphatic carbocycles. The highest BCUT2D eigenvalue weighted by Gasteiger charge is 2.24. The van der Waals surface area contributed by atoms with Gasteiger partial charge in [-0.1, -0.05) is 6.07 Å². The van der Waals surface area contributed by atoms with Crippen molar-refractivity contribution < 1.29 is 19.0 Å². The molecule has 0 radical (unpaired) electrons. The molecule has 1 N–H and O–H groups in total. The second-order valence-electron chi connectivity index (χ2n) is 3.67. The Bertz CT molecular complexity index is 385. The summed E-state index contributed by atoms with van der Waals surface area (Å²) in [6, 6.07) is 4.05. The summed E-state index contributed by atoms with van der Waals surface area (Å²) in [4.78, 5) is 10.8. The van der Waals surface area contributed by atoms with Crippen molar-refractivity contribution >= 4 is 5.97 Å². The molecule has 0 heterocycles. The van der Waals surface area contributed by atoms with E-state index in [-0.39, 0.29) is 11.3 Å². The van der Waals surface area contributed by atoms with Crippen LogP contribution in [0, 0.1) is 11.7 Å². The Hall–Kier alpha value is -1.58. The van der Waals surface area contributed by atoms with Crippen LogP contribution in [-0.4, -0.2) is 17.7 Å². The molecule has 2 rings (SSSR count). The highest BCUT2D eigenvalue weighted by molar-refractivity contribution is 5.91. The molecule has 0 spiro atoms. The molecule has 0 unspecified atom stereocenters. The van der Waals surface area contributed by atoms with E-state index in [1.54, 1.807) is 0 Å². The normalized spacial score (nSPS) is 15.0. The van der Waals surface area contributed by atoms with Crippen LogP contribution < -0.4 is 4.74 Å². The van der Waals surface area contributed by atoms with Crippen LogP contribution in [0.2, 0.25) is 0 Å². The maximum absolute atomic E-state index is 13.2. The van der Waals surface area contributed by atoms with Crippen molar-refractivity contribution in [3.63, 3.8) is 0 Å². The zero-order valence-electron chi connectivity index (χ0n) is 8.07. The van der Waals surface area contributed by atoms with Crippen LogP contribution in [0.5, 0.6) is 5.75 Å². The minimum atomic E-state index is -1.29. The first-order valence-corrected chi connectivity index (χ1v) is 4.83. The maximum Gasteiger partial charge on any atom is 0.342 e. The van der Waals surface area contributed by atoms with Gasteiger partial charge in [-0.3, -0.25) is 0 Å². The molecule has 1 fully saturated rings. The summed E-state index contributed by atoms with van der Waals surface area (Å²) in [5.41, 5.74) is -0.377. The lowest BCUT2D eigenvalue weighted by Gasteiger charge is -2.08. The second-order valence-corrected chi connectivity index (χ2v) is 3.67. The minimum absolute atomic E-state index is 0.120. The Balaban J connectivity index is 2.19. The Morgan fingerprint density at radius 2 is 2.27 bits per heavy atom. The van der Waals surface area contributed by atoms with E-state index in [1.807, 2.05) is 0 Å². The number of carboxylic acid groups (broad SMARTS) is 1. The summed E-state index contributed by atoms with van der Waals surface area (Å²) in [5.74, 6) is -1.42. The van der Waals surface area contributed by atoms with Gasteiger partial charge in [-0.05, 0) is 30.9 Å². The summed E-state index contributed by atoms with van der Waals surface area (Å²) in [5, 5.41) is 8.81. The Morgan fingerprint density at radius 1 is 1.53 bits per heavy atom. The van der Waals surface area contributed by atoms with Gasteiger partial charge in [0, 0.05) is 0 Å². The van der Waals surface area contributed by atoms with E-state index in [0.717, 1.165) is 18.9 Å². The highest BCUT2D eigenvalue weighted by atomic mass is 19.1. The smallest absolute Gasteiger partial charge is 0.342 e. The molecule has 80 valence electrons. The van der Waals surface area contributed by atoms with Gasteiger partial charge in [0.25, 0.3) is 0 Å². The van der Waals surface area contributed by atoms with E-state index in [1.165, 1.54) is 12.1 Å². The number of hydrogen-bond donors (Lipinski definition) is 1. The molecule has 0 saturated heterocycles. The van der Waals surface area contributed by atoms with Crippen LogP contribution in [-0.2, 0) is 0 Å². The topological polar surface area (TPSA) is 46.5 Å². The third kappa shape index (κ3) is 2.26. The van der Waals surface area contributed by atoms with E-state index in [4.69, 9.17) is 9.84 Å². The molecule has 15 heavy (non-hydrogen) atoms. The van der Waals surface area contributed by atoms with Gasteiger partial charge in [-0.15, -0.1) is 0 Å². The predicted octanol–water partition coefficient (Wildman–Crippen LogP) is 2.31. The third-order valence-corrected chi connectivity index (χ3v) is 2.36. The van der Waals surface area contributed by atoms with Gasteiger partial charge < -0.3 is 9.84 Å². The zero-order valence-corrected chi connectivity index (χ0v) is 8.07. The Labute approximate surface area is 86.5 Å². The standard InChI is InChI=1S/C11H11FO3/c12-8-2-1-3-9(10(8)11(13)14)15-6-7-4-5-7/h1-3,7H,4-6H2,(H,13,14). The lowest BCUT2D eigenvalue weighted by Crippen LogP contribution is -2.07. The van der Waals surface area contributed by atoms with E-state index in [9.17, 15) is 9.18 Å². The van der Waals surface area contributed by atoms with Crippen LogP contribution >= 0.6 is 0 Å². The SMILES string of the molecule is O=C(O)c1c(F)cccc1OCC1CC1. The van der Waals surface area contributed by atoms with Crippen molar-refractivity contribution in [2.45, 2.75) is 12.8 Å². The molecule has 0 bridgehead atoms. The van der Waals surface area contributed by atoms with Crippen LogP contribution in [0.1, 0.15) is 23.2 Å². The van der Waals surface area contributed by atoms with E-state index in [2.05, 4.69) is 0 Å². The molecule has 1 aliphatic rings. The number of benzene rings is 1. The summed E-state index contributed by atoms with van der Waals surface area (Å²) in [6.07, 6.45) is 2.22. The molecule has 0 aliphatic heterocycles. The number of carbonyl (C=O) groups is 1. The monoisotopic (exact) mass is 210 g/mol. The Morgan fingerprint density at radius 3 is 2.87 bits per heavy atom. The van der Waals surface area contributed by atoms with Crippen molar-refractivity contribution in [1.82, 2.24) is 0 Å². The molecular formula is C11H11FO3. The number of carboxylic acids is 1. The van der Waals surface area contributed by atoms with Crippen LogP contribution in [0.4, 0.5) is 4.39 Å². The molecule has 1 saturated carbocycles. The summed E-state index contributed by atoms with van der Waals surface area (Å²) in [7, 11) is 0. The van der Waals surface area contributed by atoms with E-state index in [0.29, 0.717) is 12.5 Å². The predicted molar refractivity (Wildman–Crippen MR) is 51.6 cm³/mol. The average Bonchev–Trinajstić information content (AvgIpc) is 2.97. The van der Waals surface area contributed by atoms with Gasteiger partial charge >= 0.3 is 5.97 Å². The zero-order chi connectivity index (χ0) is 10.8. The second kappa shape index (κ2) is 3.88. The molecular weight excluding hydrogens is 199 g/mol. The van der Waals surface area contributed by atoms with Crippen LogP contribution in [0.15, 0.2) is 18.2 Å². The third-order valence-electron chi connectivity index (χ3n) is 2.36. The van der Waals surface area contributed by atoms with Crippen molar-refractivity contribution in [2.24, 2.45) is 5.92 Å². The molecule has 1 aromatic rings. The van der Waals surface area contributed by atoms with Crippen molar-refractivity contribution in [3.05, 3.63) is 29.6 Å². The molecule has 0 amide bonds. The lowest BCUT2D eigenvalue weighted by molar-refractivity contribution is 0.0686. The first-order valence-electron chi connectivity index (χ1n) is 4.83. The molecule has 3 nitrogen and oxygen atoms in total. The molecule has 1 aromatic carbocycles. The van der Waals surface area contributed by atoms with Gasteiger partial charge in [0.2, 0.25) is 0 Å². The average molecular weight is 210 g/mol. The van der Waals surface area contributed by atoms with Gasteiger partial charge in [-0.25, -0.2) is 9.18 Å². The molecule has 4 heteroatoms. The fraction of sp³-hybridized carbons (Fsp3) is 0.364. The fourth-order valence-corrected chi connectivity index (χ4v) is 1.32. The lowest BCUT2D eigenvalue weighted by atomic mass is 10.2. The highest BCUT2D eigenvalue weighted by Crippen LogP contribution is 2.30. The molecule has 0 aromatic heterocycles. The maximum atomic E-state index is 13.2. The minimum Gasteiger partial charge on any atom is -0.492 e. The quantitative estimate of drug-likeness (QED) is 0.829. The Kier molecular flexibility index (Phi) is 2.58. The van der Waals surface area contributed by atoms with Crippen molar-refractivity contribution in [3.8, 4) is 5.75 Å². The van der Waals surface area contributed by atoms with Crippen molar-refractivity contribution in [2.75, 3.05) is 6.61 Å². The van der Waals surface area contributed by atoms with Crippen molar-refractivity contribution in [1.29, 1.82) is 0 Å². The van der Waals surface area contributed by atoms with E-state index >= 15 is 0 Å². The number of hydrogen-bond acceptors (Lipinski definition) is 2. The largest absolute Gasteiger partial charge is 0.492 e. The summed E-state index contributed by atoms with van der Waals surface area (Å²) >= 11 is 0. The van der Waals surface area contributed by atoms with Gasteiger partial charge in [-0.2, -0.15) is 0 Å². The first-order chi connectivity index (χ1) is 7.18. The van der Waals surface area contributed by atoms with Crippen LogP contribution in [0.3, 0.4) is 0 Å². The summed E-state index contributed by atoms with van der Waals surface area (Å²) < 4.78 is 18.5. The summed E-state index contributed by atoms with van der Waals surface area (Å²) in [6.45, 7) is 0.476. The number of ether oxygens (including phenoxy) is 1. The van der Waals surface area contributed by atoms with Crippen LogP contribution in [0.25, 0.3) is 0 Å². The number of halogens is 1. The fourth-order valence-electron chi connectivity index (χ4n) is 1.32. The molecule has 0 atom stereocenters. The van der Waals surface area contributed by atoms with Gasteiger partial charge in [0.1, 0.15) is 17.1 Å². The number of aromatic carboxylic acids is 1. The van der Waals surface area contributed by atoms with Gasteiger partial charge in [0.15, 0.2) is 0 Å². The number of rotatable bonds is 4. The van der Waals surface area contributed by atoms with E-state index < -0.39 is 11.8 Å². The van der Waals surface area contributed by atoms with Gasteiger partial charge in [0.05, 0.1) is 6.61 Å². The first kappa shape index (κ1) is 9.96.